The molecule has 154 valence electrons. The van der Waals surface area contributed by atoms with E-state index in [2.05, 4.69) is 20.7 Å². The molecule has 0 aliphatic carbocycles. The second-order valence-electron chi connectivity index (χ2n) is 5.99. The van der Waals surface area contributed by atoms with Crippen molar-refractivity contribution < 1.29 is 19.2 Å². The summed E-state index contributed by atoms with van der Waals surface area (Å²) in [5.74, 6) is -0.383. The molecule has 1 heterocycles. The Hall–Kier alpha value is -4.28. The number of ether oxygens (including phenoxy) is 1. The Morgan fingerprint density at radius 3 is 2.60 bits per heavy atom. The number of amides is 2. The Balaban J connectivity index is 1.62. The highest BCUT2D eigenvalue weighted by atomic mass is 16.6. The normalized spacial score (nSPS) is 10.3. The molecule has 0 saturated heterocycles. The van der Waals surface area contributed by atoms with E-state index in [4.69, 9.17) is 4.74 Å². The number of anilines is 1. The number of hydrogen-bond acceptors (Lipinski definition) is 7. The molecule has 3 rings (SSSR count). The first-order chi connectivity index (χ1) is 14.5. The fourth-order valence-corrected chi connectivity index (χ4v) is 2.61. The van der Waals surface area contributed by atoms with E-state index in [9.17, 15) is 19.7 Å². The van der Waals surface area contributed by atoms with Crippen molar-refractivity contribution in [3.63, 3.8) is 0 Å². The van der Waals surface area contributed by atoms with Crippen LogP contribution in [0.3, 0.4) is 0 Å². The molecule has 30 heavy (non-hydrogen) atoms. The van der Waals surface area contributed by atoms with Crippen LogP contribution in [0.1, 0.15) is 17.3 Å². The molecule has 0 unspecified atom stereocenters. The molecule has 2 amide bonds. The number of nitro benzene ring substituents is 1. The van der Waals surface area contributed by atoms with Crippen LogP contribution in [-0.4, -0.2) is 44.7 Å². The zero-order chi connectivity index (χ0) is 21.5. The summed E-state index contributed by atoms with van der Waals surface area (Å²) in [5, 5.41) is 20.3. The van der Waals surface area contributed by atoms with Gasteiger partial charge in [-0.25, -0.2) is 9.67 Å². The number of carbonyl (C=O) groups excluding carboxylic acids is 2. The van der Waals surface area contributed by atoms with Gasteiger partial charge in [0.2, 0.25) is 5.91 Å². The van der Waals surface area contributed by atoms with Gasteiger partial charge in [0.25, 0.3) is 11.6 Å². The largest absolute Gasteiger partial charge is 0.494 e. The molecule has 0 aliphatic heterocycles. The van der Waals surface area contributed by atoms with E-state index in [-0.39, 0.29) is 23.5 Å². The van der Waals surface area contributed by atoms with Crippen LogP contribution in [0, 0.1) is 10.1 Å². The summed E-state index contributed by atoms with van der Waals surface area (Å²) < 4.78 is 6.55. The Kier molecular flexibility index (Phi) is 6.33. The summed E-state index contributed by atoms with van der Waals surface area (Å²) in [7, 11) is 0. The smallest absolute Gasteiger partial charge is 0.295 e. The van der Waals surface area contributed by atoms with Crippen molar-refractivity contribution in [3.05, 3.63) is 70.8 Å². The third-order valence-corrected chi connectivity index (χ3v) is 3.96. The van der Waals surface area contributed by atoms with Gasteiger partial charge in [-0.3, -0.25) is 19.7 Å². The second kappa shape index (κ2) is 9.28. The lowest BCUT2D eigenvalue weighted by molar-refractivity contribution is -0.384. The molecule has 2 aromatic carbocycles. The number of nitrogens with one attached hydrogen (secondary N) is 2. The first-order valence-electron chi connectivity index (χ1n) is 8.92. The van der Waals surface area contributed by atoms with E-state index in [0.717, 1.165) is 6.07 Å². The predicted octanol–water partition coefficient (Wildman–Crippen LogP) is 1.94. The van der Waals surface area contributed by atoms with E-state index in [1.165, 1.54) is 29.5 Å². The van der Waals surface area contributed by atoms with Gasteiger partial charge >= 0.3 is 0 Å². The van der Waals surface area contributed by atoms with E-state index >= 15 is 0 Å². The van der Waals surface area contributed by atoms with Crippen LogP contribution in [0.4, 0.5) is 11.4 Å². The summed E-state index contributed by atoms with van der Waals surface area (Å²) in [5.41, 5.74) is 0.444. The lowest BCUT2D eigenvalue weighted by Crippen LogP contribution is -2.32. The lowest BCUT2D eigenvalue weighted by Gasteiger charge is -2.09. The molecule has 11 nitrogen and oxygen atoms in total. The number of rotatable bonds is 8. The Labute approximate surface area is 170 Å². The molecule has 1 aromatic heterocycles. The van der Waals surface area contributed by atoms with Gasteiger partial charge in [0.15, 0.2) is 0 Å². The molecule has 2 N–H and O–H groups in total. The molecule has 11 heteroatoms. The van der Waals surface area contributed by atoms with E-state index in [1.807, 2.05) is 6.92 Å². The van der Waals surface area contributed by atoms with Crippen molar-refractivity contribution in [3.8, 4) is 11.4 Å². The van der Waals surface area contributed by atoms with Gasteiger partial charge < -0.3 is 15.4 Å². The standard InChI is InChI=1S/C19H18N6O5/c1-2-30-15-6-4-14(5-7-15)23-18(26)10-21-19(27)13-3-8-16(17(9-13)25(28)29)24-12-20-11-22-24/h3-9,11-12H,2,10H2,1H3,(H,21,27)(H,23,26). The average molecular weight is 410 g/mol. The molecule has 0 fully saturated rings. The SMILES string of the molecule is CCOc1ccc(NC(=O)CNC(=O)c2ccc(-n3cncn3)c([N+](=O)[O-])c2)cc1. The summed E-state index contributed by atoms with van der Waals surface area (Å²) in [6.45, 7) is 2.11. The van der Waals surface area contributed by atoms with Gasteiger partial charge in [-0.2, -0.15) is 5.10 Å². The Morgan fingerprint density at radius 1 is 1.20 bits per heavy atom. The van der Waals surface area contributed by atoms with Gasteiger partial charge in [-0.05, 0) is 43.3 Å². The van der Waals surface area contributed by atoms with Crippen molar-refractivity contribution in [1.82, 2.24) is 20.1 Å². The van der Waals surface area contributed by atoms with Crippen molar-refractivity contribution in [1.29, 1.82) is 0 Å². The third-order valence-electron chi connectivity index (χ3n) is 3.96. The fraction of sp³-hybridized carbons (Fsp3) is 0.158. The maximum atomic E-state index is 12.3. The topological polar surface area (TPSA) is 141 Å². The lowest BCUT2D eigenvalue weighted by atomic mass is 10.1. The molecular weight excluding hydrogens is 392 g/mol. The van der Waals surface area contributed by atoms with Crippen LogP contribution in [0.2, 0.25) is 0 Å². The van der Waals surface area contributed by atoms with Crippen LogP contribution in [0.5, 0.6) is 5.75 Å². The molecule has 0 atom stereocenters. The maximum Gasteiger partial charge on any atom is 0.295 e. The Bertz CT molecular complexity index is 1050. The van der Waals surface area contributed by atoms with Crippen LogP contribution < -0.4 is 15.4 Å². The quantitative estimate of drug-likeness (QED) is 0.427. The number of nitrogens with zero attached hydrogens (tertiary/aromatic N) is 4. The molecule has 0 radical (unpaired) electrons. The van der Waals surface area contributed by atoms with Crippen molar-refractivity contribution in [2.75, 3.05) is 18.5 Å². The molecular formula is C19H18N6O5. The highest BCUT2D eigenvalue weighted by Gasteiger charge is 2.19. The van der Waals surface area contributed by atoms with Gasteiger partial charge in [-0.15, -0.1) is 0 Å². The molecule has 0 bridgehead atoms. The predicted molar refractivity (Wildman–Crippen MR) is 107 cm³/mol. The first-order valence-corrected chi connectivity index (χ1v) is 8.92. The summed E-state index contributed by atoms with van der Waals surface area (Å²) in [6, 6.07) is 10.7. The van der Waals surface area contributed by atoms with Gasteiger partial charge in [0.05, 0.1) is 18.1 Å². The van der Waals surface area contributed by atoms with Crippen LogP contribution in [0.25, 0.3) is 5.69 Å². The summed E-state index contributed by atoms with van der Waals surface area (Å²) >= 11 is 0. The number of benzene rings is 2. The zero-order valence-corrected chi connectivity index (χ0v) is 15.9. The second-order valence-corrected chi connectivity index (χ2v) is 5.99. The highest BCUT2D eigenvalue weighted by molar-refractivity contribution is 5.99. The van der Waals surface area contributed by atoms with Gasteiger partial charge in [-0.1, -0.05) is 0 Å². The third kappa shape index (κ3) is 4.95. The highest BCUT2D eigenvalue weighted by Crippen LogP contribution is 2.23. The van der Waals surface area contributed by atoms with E-state index < -0.39 is 16.7 Å². The summed E-state index contributed by atoms with van der Waals surface area (Å²) in [4.78, 5) is 38.9. The van der Waals surface area contributed by atoms with Gasteiger partial charge in [0, 0.05) is 17.3 Å². The van der Waals surface area contributed by atoms with Crippen LogP contribution in [0.15, 0.2) is 55.1 Å². The van der Waals surface area contributed by atoms with E-state index in [0.29, 0.717) is 18.0 Å². The molecule has 0 aliphatic rings. The number of carbonyl (C=O) groups is 2. The minimum absolute atomic E-state index is 0.0411. The number of nitro groups is 1. The molecule has 3 aromatic rings. The Morgan fingerprint density at radius 2 is 1.97 bits per heavy atom. The number of aromatic nitrogens is 3. The van der Waals surface area contributed by atoms with Crippen LogP contribution >= 0.6 is 0 Å². The maximum absolute atomic E-state index is 12.3. The molecule has 0 spiro atoms. The summed E-state index contributed by atoms with van der Waals surface area (Å²) in [6.07, 6.45) is 2.56. The monoisotopic (exact) mass is 410 g/mol. The first kappa shape index (κ1) is 20.5. The van der Waals surface area contributed by atoms with Crippen molar-refractivity contribution in [2.24, 2.45) is 0 Å². The van der Waals surface area contributed by atoms with Crippen LogP contribution in [-0.2, 0) is 4.79 Å². The zero-order valence-electron chi connectivity index (χ0n) is 15.9. The van der Waals surface area contributed by atoms with Crippen molar-refractivity contribution >= 4 is 23.2 Å². The fourth-order valence-electron chi connectivity index (χ4n) is 2.61. The minimum atomic E-state index is -0.620. The number of hydrogen-bond donors (Lipinski definition) is 2. The van der Waals surface area contributed by atoms with Crippen molar-refractivity contribution in [2.45, 2.75) is 6.92 Å². The minimum Gasteiger partial charge on any atom is -0.494 e. The van der Waals surface area contributed by atoms with E-state index in [1.54, 1.807) is 24.3 Å². The average Bonchev–Trinajstić information content (AvgIpc) is 3.28. The van der Waals surface area contributed by atoms with Gasteiger partial charge in [0.1, 0.15) is 24.1 Å². The molecule has 0 saturated carbocycles.